The van der Waals surface area contributed by atoms with Gasteiger partial charge in [-0.1, -0.05) is 83.8 Å². The number of hydrogen-bond donors (Lipinski definition) is 5. The molecule has 22 nitrogen and oxygen atoms in total. The van der Waals surface area contributed by atoms with Crippen LogP contribution in [-0.4, -0.2) is 174 Å². The summed E-state index contributed by atoms with van der Waals surface area (Å²) in [5.41, 5.74) is -0.939. The molecule has 3 fully saturated rings. The van der Waals surface area contributed by atoms with Crippen molar-refractivity contribution in [1.29, 1.82) is 0 Å². The van der Waals surface area contributed by atoms with Crippen molar-refractivity contribution in [2.24, 2.45) is 10.3 Å². The molecular weight excluding hydrogens is 967 g/mol. The zero-order valence-electron chi connectivity index (χ0n) is 36.0. The fourth-order valence-corrected chi connectivity index (χ4v) is 9.64. The molecule has 3 rings (SSSR count). The predicted molar refractivity (Wildman–Crippen MR) is 261 cm³/mol. The molecule has 0 spiro atoms. The van der Waals surface area contributed by atoms with Crippen LogP contribution < -0.4 is 15.0 Å². The molecule has 6 atom stereocenters. The van der Waals surface area contributed by atoms with Crippen LogP contribution in [0.2, 0.25) is 0 Å². The van der Waals surface area contributed by atoms with Gasteiger partial charge in [0, 0.05) is 61.8 Å². The number of nitrogens with two attached hydrogens (primary N) is 2. The number of aliphatic hydroxyl groups is 1. The Hall–Kier alpha value is -3.57. The minimum Gasteiger partial charge on any atom is -0.445 e. The van der Waals surface area contributed by atoms with Gasteiger partial charge in [-0.05, 0) is 40.0 Å². The van der Waals surface area contributed by atoms with Gasteiger partial charge in [-0.15, -0.1) is 0 Å². The van der Waals surface area contributed by atoms with Gasteiger partial charge < -0.3 is 38.8 Å². The molecule has 6 N–H and O–H groups in total. The van der Waals surface area contributed by atoms with E-state index in [0.29, 0.717) is 30.2 Å². The Labute approximate surface area is 405 Å². The largest absolute Gasteiger partial charge is 0.445 e. The first-order valence-corrected chi connectivity index (χ1v) is 24.6. The molecule has 3 heterocycles. The summed E-state index contributed by atoms with van der Waals surface area (Å²) in [6, 6.07) is -1.28. The SMILES string of the molecule is C.C.C.C=CCOC(=O)N1C[C@@H](S)C[C@H]1CNS(N)(=O)=O.C=CCOC(=O)N1C[C@@H](SC(C)=O)C[C@H]1CN(C(=O)OC(C)(C)C)S(N)(=O)=O.C=CCOC(=O)N1C[C@@H](SC(C)=O)C[C@H]1CO. The first kappa shape index (κ1) is 66.7. The number of carbonyl (C=O) groups excluding carboxylic acids is 6. The molecule has 3 aliphatic heterocycles. The van der Waals surface area contributed by atoms with Crippen LogP contribution in [0.4, 0.5) is 19.2 Å². The van der Waals surface area contributed by atoms with E-state index >= 15 is 0 Å². The zero-order valence-corrected chi connectivity index (χ0v) is 40.1. The fraction of sp³-hybridized carbons (Fsp3) is 0.692. The smallest absolute Gasteiger partial charge is 0.425 e. The van der Waals surface area contributed by atoms with Crippen molar-refractivity contribution in [3.63, 3.8) is 0 Å². The van der Waals surface area contributed by atoms with Crippen LogP contribution in [-0.2, 0) is 49.0 Å². The van der Waals surface area contributed by atoms with E-state index in [9.17, 15) is 50.7 Å². The third-order valence-electron chi connectivity index (χ3n) is 8.50. The number of amides is 4. The van der Waals surface area contributed by atoms with Gasteiger partial charge in [0.1, 0.15) is 25.4 Å². The molecule has 0 aliphatic carbocycles. The van der Waals surface area contributed by atoms with Crippen LogP contribution in [0.15, 0.2) is 38.0 Å². The van der Waals surface area contributed by atoms with E-state index in [-0.39, 0.29) is 106 Å². The Morgan fingerprint density at radius 2 is 1.14 bits per heavy atom. The molecule has 0 aromatic carbocycles. The maximum atomic E-state index is 12.3. The second-order valence-corrected chi connectivity index (χ2v) is 21.5. The van der Waals surface area contributed by atoms with Gasteiger partial charge in [0.2, 0.25) is 0 Å². The average molecular weight is 1040 g/mol. The van der Waals surface area contributed by atoms with E-state index in [2.05, 4.69) is 37.1 Å². The molecular formula is C39H73N7O15S5. The number of hydrogen-bond acceptors (Lipinski definition) is 18. The molecule has 0 aromatic heterocycles. The van der Waals surface area contributed by atoms with Gasteiger partial charge >= 0.3 is 34.6 Å². The van der Waals surface area contributed by atoms with E-state index < -0.39 is 63.0 Å². The topological polar surface area (TPSA) is 305 Å². The van der Waals surface area contributed by atoms with E-state index in [1.54, 1.807) is 20.8 Å². The number of likely N-dealkylation sites (tertiary alicyclic amines) is 3. The highest BCUT2D eigenvalue weighted by atomic mass is 32.2. The summed E-state index contributed by atoms with van der Waals surface area (Å²) in [6.45, 7) is 18.8. The number of aliphatic hydroxyl groups excluding tert-OH is 1. The van der Waals surface area contributed by atoms with Crippen molar-refractivity contribution in [3.05, 3.63) is 38.0 Å². The molecule has 3 saturated heterocycles. The monoisotopic (exact) mass is 1040 g/mol. The minimum atomic E-state index is -4.44. The van der Waals surface area contributed by atoms with Gasteiger partial charge in [0.25, 0.3) is 10.2 Å². The molecule has 384 valence electrons. The molecule has 0 unspecified atom stereocenters. The Bertz CT molecular complexity index is 1840. The standard InChI is InChI=1S/C16H27N3O7S2.C11H17NO4S.C9H17N3O4S2.3CH4/c1-6-7-25-14(21)18-10-13(27-11(2)20)8-12(18)9-19(28(17,23)24)15(22)26-16(3,4)5;1-3-4-16-11(15)12-6-10(17-8(2)14)5-9(12)7-13;1-2-3-16-9(13)12-6-8(17)4-7(12)5-11-18(10,14)15;;;/h6,12-13H,1,7-10H2,2-5H3,(H2,17,23,24);3,9-10,13H,1,4-7H2,2H3;2,7-8,11,17H,1,3-6H2,(H2,10,14,15);3*1H4/t12-,13-;9-,10-;7-,8-;;;/m000.../s1. The van der Waals surface area contributed by atoms with Gasteiger partial charge in [0.05, 0.1) is 25.2 Å². The highest BCUT2D eigenvalue weighted by molar-refractivity contribution is 8.14. The normalized spacial score (nSPS) is 21.0. The highest BCUT2D eigenvalue weighted by Gasteiger charge is 2.42. The minimum absolute atomic E-state index is 0. The van der Waals surface area contributed by atoms with Crippen LogP contribution in [0.25, 0.3) is 0 Å². The van der Waals surface area contributed by atoms with E-state index in [1.165, 1.54) is 58.5 Å². The van der Waals surface area contributed by atoms with Crippen molar-refractivity contribution >= 4 is 91.2 Å². The summed E-state index contributed by atoms with van der Waals surface area (Å²) in [4.78, 5) is 74.6. The Kier molecular flexibility index (Phi) is 31.8. The van der Waals surface area contributed by atoms with Crippen LogP contribution in [0, 0.1) is 0 Å². The number of ether oxygens (including phenoxy) is 4. The lowest BCUT2D eigenvalue weighted by Crippen LogP contribution is -2.50. The van der Waals surface area contributed by atoms with Crippen molar-refractivity contribution in [2.75, 3.05) is 59.2 Å². The van der Waals surface area contributed by atoms with Gasteiger partial charge in [0.15, 0.2) is 10.2 Å². The molecule has 0 aromatic rings. The van der Waals surface area contributed by atoms with Crippen LogP contribution >= 0.6 is 36.2 Å². The Morgan fingerprint density at radius 3 is 1.48 bits per heavy atom. The highest BCUT2D eigenvalue weighted by Crippen LogP contribution is 2.31. The predicted octanol–water partition coefficient (Wildman–Crippen LogP) is 3.88. The third-order valence-corrected chi connectivity index (χ3v) is 12.4. The Balaban J connectivity index is -0.000000919. The number of carbonyl (C=O) groups is 6. The quantitative estimate of drug-likeness (QED) is 0.0883. The second kappa shape index (κ2) is 31.5. The summed E-state index contributed by atoms with van der Waals surface area (Å²) >= 11 is 6.53. The summed E-state index contributed by atoms with van der Waals surface area (Å²) in [7, 11) is -8.21. The van der Waals surface area contributed by atoms with Crippen LogP contribution in [0.1, 0.15) is 76.2 Å². The zero-order chi connectivity index (χ0) is 48.3. The first-order chi connectivity index (χ1) is 29.2. The van der Waals surface area contributed by atoms with Gasteiger partial charge in [-0.25, -0.2) is 34.2 Å². The average Bonchev–Trinajstić information content (AvgIpc) is 3.87. The van der Waals surface area contributed by atoms with E-state index in [4.69, 9.17) is 29.2 Å². The molecule has 0 saturated carbocycles. The van der Waals surface area contributed by atoms with Crippen molar-refractivity contribution in [2.45, 2.75) is 116 Å². The molecule has 66 heavy (non-hydrogen) atoms. The molecule has 0 bridgehead atoms. The number of nitrogens with one attached hydrogen (secondary N) is 1. The fourth-order valence-electron chi connectivity index (χ4n) is 6.13. The number of rotatable bonds is 15. The van der Waals surface area contributed by atoms with E-state index in [1.807, 2.05) is 0 Å². The number of nitrogens with zero attached hydrogens (tertiary/aromatic N) is 4. The van der Waals surface area contributed by atoms with Crippen molar-refractivity contribution in [3.8, 4) is 0 Å². The lowest BCUT2D eigenvalue weighted by Gasteiger charge is -2.30. The van der Waals surface area contributed by atoms with Crippen molar-refractivity contribution in [1.82, 2.24) is 23.7 Å². The lowest BCUT2D eigenvalue weighted by molar-refractivity contribution is -0.110. The van der Waals surface area contributed by atoms with Crippen LogP contribution in [0.3, 0.4) is 0 Å². The summed E-state index contributed by atoms with van der Waals surface area (Å²) in [5, 5.41) is 18.9. The molecule has 3 aliphatic rings. The summed E-state index contributed by atoms with van der Waals surface area (Å²) in [5.74, 6) is 0. The van der Waals surface area contributed by atoms with Crippen LogP contribution in [0.5, 0.6) is 0 Å². The van der Waals surface area contributed by atoms with Gasteiger partial charge in [-0.3, -0.25) is 9.59 Å². The number of thiol groups is 1. The second-order valence-electron chi connectivity index (χ2n) is 15.0. The van der Waals surface area contributed by atoms with Gasteiger partial charge in [-0.2, -0.15) is 33.8 Å². The first-order valence-electron chi connectivity index (χ1n) is 19.2. The molecule has 4 amide bonds. The maximum Gasteiger partial charge on any atom is 0.425 e. The maximum absolute atomic E-state index is 12.3. The molecule has 27 heteroatoms. The molecule has 0 radical (unpaired) electrons. The Morgan fingerprint density at radius 1 is 0.742 bits per heavy atom. The summed E-state index contributed by atoms with van der Waals surface area (Å²) < 4.78 is 68.1. The number of thioether (sulfide) groups is 2. The van der Waals surface area contributed by atoms with E-state index in [0.717, 1.165) is 11.8 Å². The lowest BCUT2D eigenvalue weighted by atomic mass is 10.2. The van der Waals surface area contributed by atoms with Crippen molar-refractivity contribution < 1.29 is 69.7 Å². The third kappa shape index (κ3) is 25.5. The summed E-state index contributed by atoms with van der Waals surface area (Å²) in [6.07, 6.45) is 3.01.